The van der Waals surface area contributed by atoms with Gasteiger partial charge < -0.3 is 10.8 Å². The van der Waals surface area contributed by atoms with E-state index in [1.54, 1.807) is 24.4 Å². The molecule has 3 aromatic carbocycles. The first kappa shape index (κ1) is 19.4. The summed E-state index contributed by atoms with van der Waals surface area (Å²) >= 11 is 1.43. The second kappa shape index (κ2) is 9.53. The van der Waals surface area contributed by atoms with Crippen LogP contribution in [0.2, 0.25) is 0 Å². The Morgan fingerprint density at radius 2 is 1.68 bits per heavy atom. The Hall–Kier alpha value is -3.38. The SMILES string of the molecule is NC(=NN=Cc1cccc(-c2cccc(C(=O)O)c2)c1)SCc1ccccc1. The molecule has 0 aliphatic carbocycles. The highest BCUT2D eigenvalue weighted by Gasteiger charge is 2.05. The number of thioether (sulfide) groups is 1. The van der Waals surface area contributed by atoms with Crippen LogP contribution in [0.5, 0.6) is 0 Å². The maximum absolute atomic E-state index is 11.2. The van der Waals surface area contributed by atoms with Crippen LogP contribution in [0, 0.1) is 0 Å². The molecular formula is C22H19N3O2S. The molecule has 0 aliphatic rings. The van der Waals surface area contributed by atoms with Gasteiger partial charge in [0.1, 0.15) is 0 Å². The highest BCUT2D eigenvalue weighted by atomic mass is 32.2. The van der Waals surface area contributed by atoms with Crippen molar-refractivity contribution in [2.24, 2.45) is 15.9 Å². The molecule has 3 aromatic rings. The molecule has 3 N–H and O–H groups in total. The van der Waals surface area contributed by atoms with Crippen LogP contribution in [0.1, 0.15) is 21.5 Å². The standard InChI is InChI=1S/C22H19N3O2S/c23-22(28-15-16-6-2-1-3-7-16)25-24-14-17-8-4-9-18(12-17)19-10-5-11-20(13-19)21(26)27/h1-14H,15H2,(H2,23,25)(H,26,27). The van der Waals surface area contributed by atoms with Crippen LogP contribution in [0.25, 0.3) is 11.1 Å². The molecule has 140 valence electrons. The summed E-state index contributed by atoms with van der Waals surface area (Å²) < 4.78 is 0. The predicted molar refractivity (Wildman–Crippen MR) is 116 cm³/mol. The summed E-state index contributed by atoms with van der Waals surface area (Å²) in [5, 5.41) is 17.6. The van der Waals surface area contributed by atoms with E-state index in [-0.39, 0.29) is 5.56 Å². The Labute approximate surface area is 167 Å². The number of aromatic carboxylic acids is 1. The molecule has 0 aromatic heterocycles. The summed E-state index contributed by atoms with van der Waals surface area (Å²) in [7, 11) is 0. The van der Waals surface area contributed by atoms with E-state index in [0.717, 1.165) is 22.4 Å². The number of hydrogen-bond donors (Lipinski definition) is 2. The highest BCUT2D eigenvalue weighted by Crippen LogP contribution is 2.21. The Morgan fingerprint density at radius 1 is 0.964 bits per heavy atom. The number of carboxylic acid groups (broad SMARTS) is 1. The number of benzene rings is 3. The maximum Gasteiger partial charge on any atom is 0.335 e. The maximum atomic E-state index is 11.2. The van der Waals surface area contributed by atoms with Gasteiger partial charge in [0.15, 0.2) is 5.17 Å². The average molecular weight is 389 g/mol. The zero-order chi connectivity index (χ0) is 19.8. The lowest BCUT2D eigenvalue weighted by Gasteiger charge is -2.04. The molecule has 28 heavy (non-hydrogen) atoms. The number of nitrogens with zero attached hydrogens (tertiary/aromatic N) is 2. The van der Waals surface area contributed by atoms with Gasteiger partial charge in [0, 0.05) is 5.75 Å². The Kier molecular flexibility index (Phi) is 6.59. The minimum Gasteiger partial charge on any atom is -0.478 e. The van der Waals surface area contributed by atoms with E-state index in [2.05, 4.69) is 10.2 Å². The molecule has 0 heterocycles. The second-order valence-corrected chi connectivity index (χ2v) is 6.96. The van der Waals surface area contributed by atoms with Gasteiger partial charge in [-0.25, -0.2) is 4.79 Å². The van der Waals surface area contributed by atoms with Crippen LogP contribution in [0.15, 0.2) is 89.1 Å². The van der Waals surface area contributed by atoms with Crippen LogP contribution in [-0.2, 0) is 5.75 Å². The molecule has 6 heteroatoms. The Morgan fingerprint density at radius 3 is 2.43 bits per heavy atom. The first-order chi connectivity index (χ1) is 13.6. The molecule has 0 spiro atoms. The van der Waals surface area contributed by atoms with Gasteiger partial charge in [0.05, 0.1) is 11.8 Å². The molecule has 0 bridgehead atoms. The molecule has 5 nitrogen and oxygen atoms in total. The van der Waals surface area contributed by atoms with E-state index in [1.807, 2.05) is 60.7 Å². The first-order valence-electron chi connectivity index (χ1n) is 8.59. The normalized spacial score (nSPS) is 11.6. The summed E-state index contributed by atoms with van der Waals surface area (Å²) in [4.78, 5) is 11.2. The molecule has 0 atom stereocenters. The average Bonchev–Trinajstić information content (AvgIpc) is 2.73. The van der Waals surface area contributed by atoms with Gasteiger partial charge in [-0.15, -0.1) is 5.10 Å². The fourth-order valence-corrected chi connectivity index (χ4v) is 3.16. The van der Waals surface area contributed by atoms with Crippen LogP contribution >= 0.6 is 11.8 Å². The van der Waals surface area contributed by atoms with Crippen molar-refractivity contribution in [2.45, 2.75) is 5.75 Å². The highest BCUT2D eigenvalue weighted by molar-refractivity contribution is 8.13. The van der Waals surface area contributed by atoms with Crippen LogP contribution in [0.3, 0.4) is 0 Å². The molecule has 0 saturated carbocycles. The van der Waals surface area contributed by atoms with Crippen molar-refractivity contribution in [1.82, 2.24) is 0 Å². The van der Waals surface area contributed by atoms with Crippen LogP contribution in [-0.4, -0.2) is 22.5 Å². The molecule has 3 rings (SSSR count). The zero-order valence-electron chi connectivity index (χ0n) is 15.0. The monoisotopic (exact) mass is 389 g/mol. The van der Waals surface area contributed by atoms with Gasteiger partial charge in [-0.05, 0) is 40.5 Å². The van der Waals surface area contributed by atoms with E-state index in [1.165, 1.54) is 17.3 Å². The van der Waals surface area contributed by atoms with Gasteiger partial charge >= 0.3 is 5.97 Å². The largest absolute Gasteiger partial charge is 0.478 e. The fourth-order valence-electron chi connectivity index (χ4n) is 2.54. The van der Waals surface area contributed by atoms with Crippen molar-refractivity contribution in [1.29, 1.82) is 0 Å². The molecule has 0 amide bonds. The van der Waals surface area contributed by atoms with Crippen molar-refractivity contribution in [2.75, 3.05) is 0 Å². The van der Waals surface area contributed by atoms with Crippen molar-refractivity contribution in [3.8, 4) is 11.1 Å². The minimum absolute atomic E-state index is 0.254. The van der Waals surface area contributed by atoms with Crippen molar-refractivity contribution >= 4 is 29.1 Å². The molecule has 0 saturated heterocycles. The number of nitrogens with two attached hydrogens (primary N) is 1. The van der Waals surface area contributed by atoms with Crippen molar-refractivity contribution < 1.29 is 9.90 Å². The lowest BCUT2D eigenvalue weighted by Crippen LogP contribution is -2.05. The van der Waals surface area contributed by atoms with E-state index in [9.17, 15) is 4.79 Å². The van der Waals surface area contributed by atoms with Gasteiger partial charge in [-0.1, -0.05) is 72.4 Å². The fraction of sp³-hybridized carbons (Fsp3) is 0.0455. The molecule has 0 unspecified atom stereocenters. The zero-order valence-corrected chi connectivity index (χ0v) is 15.8. The number of amidine groups is 1. The second-order valence-electron chi connectivity index (χ2n) is 5.97. The molecule has 0 aliphatic heterocycles. The molecular weight excluding hydrogens is 370 g/mol. The molecule has 0 radical (unpaired) electrons. The topological polar surface area (TPSA) is 88.0 Å². The first-order valence-corrected chi connectivity index (χ1v) is 9.57. The van der Waals surface area contributed by atoms with Crippen molar-refractivity contribution in [3.63, 3.8) is 0 Å². The van der Waals surface area contributed by atoms with E-state index >= 15 is 0 Å². The summed E-state index contributed by atoms with van der Waals surface area (Å²) in [5.41, 5.74) is 9.91. The lowest BCUT2D eigenvalue weighted by atomic mass is 10.0. The quantitative estimate of drug-likeness (QED) is 0.365. The Bertz CT molecular complexity index is 1020. The summed E-state index contributed by atoms with van der Waals surface area (Å²) in [6.45, 7) is 0. The lowest BCUT2D eigenvalue weighted by molar-refractivity contribution is 0.0697. The number of hydrogen-bond acceptors (Lipinski definition) is 4. The third kappa shape index (κ3) is 5.56. The molecule has 0 fully saturated rings. The van der Waals surface area contributed by atoms with E-state index in [0.29, 0.717) is 5.17 Å². The van der Waals surface area contributed by atoms with Gasteiger partial charge in [-0.2, -0.15) is 5.10 Å². The smallest absolute Gasteiger partial charge is 0.335 e. The Balaban J connectivity index is 1.67. The van der Waals surface area contributed by atoms with Gasteiger partial charge in [0.25, 0.3) is 0 Å². The minimum atomic E-state index is -0.947. The third-order valence-corrected chi connectivity index (χ3v) is 4.78. The van der Waals surface area contributed by atoms with Gasteiger partial charge in [-0.3, -0.25) is 0 Å². The van der Waals surface area contributed by atoms with Crippen LogP contribution < -0.4 is 5.73 Å². The number of rotatable bonds is 6. The van der Waals surface area contributed by atoms with E-state index < -0.39 is 5.97 Å². The number of carbonyl (C=O) groups is 1. The predicted octanol–water partition coefficient (Wildman–Crippen LogP) is 4.63. The van der Waals surface area contributed by atoms with E-state index in [4.69, 9.17) is 10.8 Å². The third-order valence-electron chi connectivity index (χ3n) is 3.92. The number of carboxylic acids is 1. The summed E-state index contributed by atoms with van der Waals surface area (Å²) in [6.07, 6.45) is 1.63. The van der Waals surface area contributed by atoms with Crippen LogP contribution in [0.4, 0.5) is 0 Å². The van der Waals surface area contributed by atoms with Crippen molar-refractivity contribution in [3.05, 3.63) is 95.6 Å². The summed E-state index contributed by atoms with van der Waals surface area (Å²) in [6, 6.07) is 24.5. The summed E-state index contributed by atoms with van der Waals surface area (Å²) in [5.74, 6) is -0.210. The van der Waals surface area contributed by atoms with Gasteiger partial charge in [0.2, 0.25) is 0 Å².